The number of aromatic nitrogens is 1. The molecule has 0 aliphatic rings. The van der Waals surface area contributed by atoms with Crippen molar-refractivity contribution < 1.29 is 12.9 Å². The minimum Gasteiger partial charge on any atom is -0.361 e. The van der Waals surface area contributed by atoms with Gasteiger partial charge in [-0.1, -0.05) is 5.16 Å². The van der Waals surface area contributed by atoms with Gasteiger partial charge >= 0.3 is 0 Å². The monoisotopic (exact) mass is 365 g/mol. The Kier molecular flexibility index (Phi) is 4.41. The number of aryl methyl sites for hydroxylation is 1. The van der Waals surface area contributed by atoms with E-state index in [4.69, 9.17) is 10.3 Å². The molecule has 0 aliphatic carbocycles. The van der Waals surface area contributed by atoms with Gasteiger partial charge in [0.2, 0.25) is 10.0 Å². The number of nitrogens with two attached hydrogens (primary N) is 1. The van der Waals surface area contributed by atoms with Crippen molar-refractivity contribution in [2.75, 3.05) is 0 Å². The Morgan fingerprint density at radius 2 is 2.26 bits per heavy atom. The number of sulfonamides is 1. The molecule has 0 atom stereocenters. The molecule has 0 aliphatic heterocycles. The summed E-state index contributed by atoms with van der Waals surface area (Å²) < 4.78 is 32.1. The molecule has 0 unspecified atom stereocenters. The second-order valence-corrected chi connectivity index (χ2v) is 8.00. The van der Waals surface area contributed by atoms with E-state index < -0.39 is 10.0 Å². The molecule has 0 amide bonds. The molecule has 0 spiro atoms. The largest absolute Gasteiger partial charge is 0.361 e. The fourth-order valence-electron chi connectivity index (χ4n) is 1.43. The SMILES string of the molecule is Cc1cc(CNS(=O)(=O)c2cc(CN)sc2Br)no1. The van der Waals surface area contributed by atoms with E-state index in [-0.39, 0.29) is 11.4 Å². The second kappa shape index (κ2) is 5.71. The Hall–Kier alpha value is -0.740. The summed E-state index contributed by atoms with van der Waals surface area (Å²) >= 11 is 4.54. The zero-order valence-electron chi connectivity index (χ0n) is 10.0. The van der Waals surface area contributed by atoms with Crippen molar-refractivity contribution in [2.24, 2.45) is 5.73 Å². The van der Waals surface area contributed by atoms with Gasteiger partial charge in [0.05, 0.1) is 16.0 Å². The van der Waals surface area contributed by atoms with Gasteiger partial charge in [-0.15, -0.1) is 11.3 Å². The van der Waals surface area contributed by atoms with Gasteiger partial charge in [0.15, 0.2) is 0 Å². The van der Waals surface area contributed by atoms with Gasteiger partial charge < -0.3 is 10.3 Å². The summed E-state index contributed by atoms with van der Waals surface area (Å²) in [5.74, 6) is 0.635. The molecule has 2 heterocycles. The van der Waals surface area contributed by atoms with Crippen LogP contribution in [-0.4, -0.2) is 13.6 Å². The molecule has 2 aromatic rings. The second-order valence-electron chi connectivity index (χ2n) is 3.81. The Morgan fingerprint density at radius 1 is 1.53 bits per heavy atom. The number of rotatable bonds is 5. The van der Waals surface area contributed by atoms with Crippen LogP contribution < -0.4 is 10.5 Å². The molecule has 104 valence electrons. The number of thiophene rings is 1. The summed E-state index contributed by atoms with van der Waals surface area (Å²) in [6.45, 7) is 2.13. The molecule has 0 saturated carbocycles. The topological polar surface area (TPSA) is 98.2 Å². The van der Waals surface area contributed by atoms with Crippen LogP contribution >= 0.6 is 27.3 Å². The summed E-state index contributed by atoms with van der Waals surface area (Å²) in [5.41, 5.74) is 6.03. The van der Waals surface area contributed by atoms with Crippen LogP contribution in [0.25, 0.3) is 0 Å². The summed E-state index contributed by atoms with van der Waals surface area (Å²) in [5, 5.41) is 3.73. The van der Waals surface area contributed by atoms with Crippen LogP contribution in [0.4, 0.5) is 0 Å². The molecule has 9 heteroatoms. The first-order chi connectivity index (χ1) is 8.92. The van der Waals surface area contributed by atoms with Gasteiger partial charge in [-0.3, -0.25) is 0 Å². The number of nitrogens with one attached hydrogen (secondary N) is 1. The van der Waals surface area contributed by atoms with Crippen LogP contribution in [0.15, 0.2) is 25.3 Å². The molecule has 0 fully saturated rings. The number of hydrogen-bond acceptors (Lipinski definition) is 6. The van der Waals surface area contributed by atoms with E-state index in [9.17, 15) is 8.42 Å². The molecule has 0 radical (unpaired) electrons. The van der Waals surface area contributed by atoms with Crippen molar-refractivity contribution in [2.45, 2.75) is 24.9 Å². The molecule has 0 saturated heterocycles. The quantitative estimate of drug-likeness (QED) is 0.840. The molecular weight excluding hydrogens is 354 g/mol. The van der Waals surface area contributed by atoms with Gasteiger partial charge in [-0.25, -0.2) is 13.1 Å². The number of hydrogen-bond donors (Lipinski definition) is 2. The first kappa shape index (κ1) is 14.7. The molecule has 6 nitrogen and oxygen atoms in total. The van der Waals surface area contributed by atoms with Crippen molar-refractivity contribution in [1.82, 2.24) is 9.88 Å². The normalized spacial score (nSPS) is 11.9. The summed E-state index contributed by atoms with van der Waals surface area (Å²) in [6.07, 6.45) is 0. The predicted octanol–water partition coefficient (Wildman–Crippen LogP) is 1.74. The lowest BCUT2D eigenvalue weighted by Crippen LogP contribution is -2.23. The third-order valence-electron chi connectivity index (χ3n) is 2.32. The Morgan fingerprint density at radius 3 is 2.79 bits per heavy atom. The minimum absolute atomic E-state index is 0.0833. The van der Waals surface area contributed by atoms with Gasteiger partial charge in [0, 0.05) is 17.5 Å². The van der Waals surface area contributed by atoms with Gasteiger partial charge in [-0.05, 0) is 28.9 Å². The lowest BCUT2D eigenvalue weighted by Gasteiger charge is -2.03. The zero-order valence-corrected chi connectivity index (χ0v) is 13.2. The van der Waals surface area contributed by atoms with Crippen molar-refractivity contribution in [3.63, 3.8) is 0 Å². The highest BCUT2D eigenvalue weighted by molar-refractivity contribution is 9.11. The van der Waals surface area contributed by atoms with E-state index in [1.807, 2.05) is 0 Å². The van der Waals surface area contributed by atoms with Crippen LogP contribution in [0, 0.1) is 6.92 Å². The molecule has 2 aromatic heterocycles. The molecule has 19 heavy (non-hydrogen) atoms. The lowest BCUT2D eigenvalue weighted by molar-refractivity contribution is 0.390. The fraction of sp³-hybridized carbons (Fsp3) is 0.300. The highest BCUT2D eigenvalue weighted by atomic mass is 79.9. The maximum absolute atomic E-state index is 12.1. The Bertz CT molecular complexity index is 678. The van der Waals surface area contributed by atoms with Crippen LogP contribution in [0.2, 0.25) is 0 Å². The van der Waals surface area contributed by atoms with E-state index in [1.54, 1.807) is 19.1 Å². The molecule has 0 bridgehead atoms. The fourth-order valence-corrected chi connectivity index (χ4v) is 4.99. The molecule has 0 aromatic carbocycles. The van der Waals surface area contributed by atoms with Gasteiger partial charge in [0.25, 0.3) is 0 Å². The molecule has 3 N–H and O–H groups in total. The van der Waals surface area contributed by atoms with Crippen LogP contribution in [0.5, 0.6) is 0 Å². The number of halogens is 1. The average molecular weight is 366 g/mol. The summed E-state index contributed by atoms with van der Waals surface area (Å²) in [6, 6.07) is 3.24. The summed E-state index contributed by atoms with van der Waals surface area (Å²) in [7, 11) is -3.59. The van der Waals surface area contributed by atoms with Crippen LogP contribution in [-0.2, 0) is 23.1 Å². The Labute approximate surface area is 123 Å². The predicted molar refractivity (Wildman–Crippen MR) is 75.2 cm³/mol. The first-order valence-electron chi connectivity index (χ1n) is 5.32. The third-order valence-corrected chi connectivity index (χ3v) is 5.99. The van der Waals surface area contributed by atoms with Crippen molar-refractivity contribution >= 4 is 37.3 Å². The maximum Gasteiger partial charge on any atom is 0.242 e. The summed E-state index contributed by atoms with van der Waals surface area (Å²) in [4.78, 5) is 0.989. The van der Waals surface area contributed by atoms with Crippen LogP contribution in [0.3, 0.4) is 0 Å². The smallest absolute Gasteiger partial charge is 0.242 e. The van der Waals surface area contributed by atoms with Gasteiger partial charge in [-0.2, -0.15) is 0 Å². The molecular formula is C10H12BrN3O3S2. The third kappa shape index (κ3) is 3.42. The zero-order chi connectivity index (χ0) is 14.0. The van der Waals surface area contributed by atoms with Crippen molar-refractivity contribution in [3.05, 3.63) is 32.3 Å². The lowest BCUT2D eigenvalue weighted by atomic mass is 10.4. The Balaban J connectivity index is 2.15. The van der Waals surface area contributed by atoms with Crippen molar-refractivity contribution in [1.29, 1.82) is 0 Å². The van der Waals surface area contributed by atoms with Crippen LogP contribution in [0.1, 0.15) is 16.3 Å². The maximum atomic E-state index is 12.1. The number of nitrogens with zero attached hydrogens (tertiary/aromatic N) is 1. The highest BCUT2D eigenvalue weighted by Crippen LogP contribution is 2.31. The van der Waals surface area contributed by atoms with E-state index in [1.165, 1.54) is 11.3 Å². The van der Waals surface area contributed by atoms with E-state index >= 15 is 0 Å². The average Bonchev–Trinajstić information content (AvgIpc) is 2.93. The van der Waals surface area contributed by atoms with Crippen molar-refractivity contribution in [3.8, 4) is 0 Å². The standard InChI is InChI=1S/C10H12BrN3O3S2/c1-6-2-7(14-17-6)5-13-19(15,16)9-3-8(4-12)18-10(9)11/h2-3,13H,4-5,12H2,1H3. The van der Waals surface area contributed by atoms with E-state index in [2.05, 4.69) is 25.8 Å². The highest BCUT2D eigenvalue weighted by Gasteiger charge is 2.20. The van der Waals surface area contributed by atoms with E-state index in [0.717, 1.165) is 4.88 Å². The minimum atomic E-state index is -3.59. The van der Waals surface area contributed by atoms with E-state index in [0.29, 0.717) is 21.8 Å². The first-order valence-corrected chi connectivity index (χ1v) is 8.42. The molecule has 2 rings (SSSR count). The van der Waals surface area contributed by atoms with Gasteiger partial charge in [0.1, 0.15) is 10.7 Å².